The fraction of sp³-hybridized carbons (Fsp3) is 0.273. The van der Waals surface area contributed by atoms with Crippen molar-refractivity contribution in [3.63, 3.8) is 0 Å². The molecule has 162 valence electrons. The van der Waals surface area contributed by atoms with Crippen molar-refractivity contribution < 1.29 is 14.3 Å². The molecule has 1 N–H and O–H groups in total. The first kappa shape index (κ1) is 22.8. The molecule has 0 unspecified atom stereocenters. The number of halogens is 1. The lowest BCUT2D eigenvalue weighted by Gasteiger charge is -2.17. The summed E-state index contributed by atoms with van der Waals surface area (Å²) in [6.45, 7) is 4.07. The number of hydrogen-bond donors (Lipinski definition) is 1. The topological polar surface area (TPSA) is 86.1 Å². The molecule has 2 aromatic carbocycles. The minimum atomic E-state index is -0.502. The van der Waals surface area contributed by atoms with Crippen LogP contribution in [0.1, 0.15) is 25.3 Å². The molecule has 0 aliphatic heterocycles. The second-order valence-corrected chi connectivity index (χ2v) is 8.38. The van der Waals surface area contributed by atoms with Gasteiger partial charge in [-0.05, 0) is 41.8 Å². The van der Waals surface area contributed by atoms with Crippen LogP contribution in [0.3, 0.4) is 0 Å². The zero-order valence-electron chi connectivity index (χ0n) is 17.5. The average molecular weight is 459 g/mol. The zero-order chi connectivity index (χ0) is 22.4. The molecule has 1 amide bonds. The van der Waals surface area contributed by atoms with Crippen LogP contribution in [0.4, 0.5) is 0 Å². The standard InChI is InChI=1S/C22H23ClN4O3S/c1-14(2)17-6-4-5-7-18(17)27-21(15-8-10-16(23)11-9-15)25-26-22(27)31-13-19(28)24-12-20(29)30-3/h4-11,14H,12-13H2,1-3H3,(H,24,28). The second-order valence-electron chi connectivity index (χ2n) is 7.00. The molecule has 7 nitrogen and oxygen atoms in total. The Morgan fingerprint density at radius 3 is 2.52 bits per heavy atom. The molecule has 0 atom stereocenters. The SMILES string of the molecule is COC(=O)CNC(=O)CSc1nnc(-c2ccc(Cl)cc2)n1-c1ccccc1C(C)C. The van der Waals surface area contributed by atoms with Gasteiger partial charge in [-0.1, -0.05) is 55.4 Å². The van der Waals surface area contributed by atoms with E-state index in [1.165, 1.54) is 18.9 Å². The van der Waals surface area contributed by atoms with Crippen molar-refractivity contribution in [2.75, 3.05) is 19.4 Å². The number of para-hydroxylation sites is 1. The summed E-state index contributed by atoms with van der Waals surface area (Å²) in [6.07, 6.45) is 0. The summed E-state index contributed by atoms with van der Waals surface area (Å²) in [5.74, 6) is 0.215. The summed E-state index contributed by atoms with van der Waals surface area (Å²) in [5.41, 5.74) is 2.94. The average Bonchev–Trinajstić information content (AvgIpc) is 3.20. The maximum atomic E-state index is 12.2. The lowest BCUT2D eigenvalue weighted by Crippen LogP contribution is -2.31. The van der Waals surface area contributed by atoms with Crippen LogP contribution in [0.2, 0.25) is 5.02 Å². The lowest BCUT2D eigenvalue weighted by molar-refractivity contribution is -0.140. The van der Waals surface area contributed by atoms with E-state index in [1.807, 2.05) is 34.9 Å². The third kappa shape index (κ3) is 5.65. The molecule has 3 rings (SSSR count). The van der Waals surface area contributed by atoms with Gasteiger partial charge in [0.05, 0.1) is 18.6 Å². The fourth-order valence-electron chi connectivity index (χ4n) is 2.97. The Morgan fingerprint density at radius 2 is 1.84 bits per heavy atom. The molecule has 0 saturated heterocycles. The molecule has 3 aromatic rings. The van der Waals surface area contributed by atoms with E-state index in [0.717, 1.165) is 16.8 Å². The van der Waals surface area contributed by atoms with E-state index in [0.29, 0.717) is 16.0 Å². The quantitative estimate of drug-likeness (QED) is 0.404. The van der Waals surface area contributed by atoms with Crippen molar-refractivity contribution in [1.82, 2.24) is 20.1 Å². The molecule has 0 saturated carbocycles. The summed E-state index contributed by atoms with van der Waals surface area (Å²) >= 11 is 7.30. The van der Waals surface area contributed by atoms with Gasteiger partial charge in [-0.15, -0.1) is 10.2 Å². The molecule has 1 heterocycles. The number of nitrogens with one attached hydrogen (secondary N) is 1. The van der Waals surface area contributed by atoms with Crippen LogP contribution in [-0.4, -0.2) is 46.0 Å². The zero-order valence-corrected chi connectivity index (χ0v) is 19.0. The molecule has 31 heavy (non-hydrogen) atoms. The molecule has 1 aromatic heterocycles. The number of nitrogens with zero attached hydrogens (tertiary/aromatic N) is 3. The van der Waals surface area contributed by atoms with Gasteiger partial charge < -0.3 is 10.1 Å². The monoisotopic (exact) mass is 458 g/mol. The number of methoxy groups -OCH3 is 1. The minimum absolute atomic E-state index is 0.0829. The Hall–Kier alpha value is -2.84. The largest absolute Gasteiger partial charge is 0.468 e. The number of hydrogen-bond acceptors (Lipinski definition) is 6. The van der Waals surface area contributed by atoms with E-state index in [2.05, 4.69) is 40.2 Å². The van der Waals surface area contributed by atoms with Gasteiger partial charge in [0, 0.05) is 10.6 Å². The van der Waals surface area contributed by atoms with Crippen LogP contribution < -0.4 is 5.32 Å². The number of rotatable bonds is 8. The van der Waals surface area contributed by atoms with Gasteiger partial charge in [-0.3, -0.25) is 14.2 Å². The molecule has 9 heteroatoms. The number of ether oxygens (including phenoxy) is 1. The molecule has 0 spiro atoms. The molecule has 0 bridgehead atoms. The van der Waals surface area contributed by atoms with Crippen molar-refractivity contribution >= 4 is 35.2 Å². The highest BCUT2D eigenvalue weighted by Crippen LogP contribution is 2.32. The Balaban J connectivity index is 1.96. The molecule has 0 radical (unpaired) electrons. The third-order valence-electron chi connectivity index (χ3n) is 4.53. The molecule has 0 aliphatic rings. The van der Waals surface area contributed by atoms with Crippen molar-refractivity contribution in [2.45, 2.75) is 24.9 Å². The van der Waals surface area contributed by atoms with Gasteiger partial charge in [-0.25, -0.2) is 0 Å². The van der Waals surface area contributed by atoms with Crippen LogP contribution in [0.5, 0.6) is 0 Å². The van der Waals surface area contributed by atoms with Crippen LogP contribution >= 0.6 is 23.4 Å². The van der Waals surface area contributed by atoms with Crippen LogP contribution in [0, 0.1) is 0 Å². The number of benzene rings is 2. The second kappa shape index (κ2) is 10.5. The number of amides is 1. The summed E-state index contributed by atoms with van der Waals surface area (Å²) in [7, 11) is 1.27. The maximum absolute atomic E-state index is 12.2. The summed E-state index contributed by atoms with van der Waals surface area (Å²) in [4.78, 5) is 23.4. The maximum Gasteiger partial charge on any atom is 0.325 e. The van der Waals surface area contributed by atoms with E-state index in [-0.39, 0.29) is 24.1 Å². The Bertz CT molecular complexity index is 1070. The van der Waals surface area contributed by atoms with Crippen molar-refractivity contribution in [2.24, 2.45) is 0 Å². The number of esters is 1. The van der Waals surface area contributed by atoms with Gasteiger partial charge >= 0.3 is 5.97 Å². The summed E-state index contributed by atoms with van der Waals surface area (Å²) < 4.78 is 6.50. The van der Waals surface area contributed by atoms with E-state index in [4.69, 9.17) is 11.6 Å². The predicted octanol–water partition coefficient (Wildman–Crippen LogP) is 4.09. The third-order valence-corrected chi connectivity index (χ3v) is 5.71. The Morgan fingerprint density at radius 1 is 1.13 bits per heavy atom. The van der Waals surface area contributed by atoms with E-state index < -0.39 is 5.97 Å². The summed E-state index contributed by atoms with van der Waals surface area (Å²) in [6, 6.07) is 15.4. The first-order valence-corrected chi connectivity index (χ1v) is 11.0. The highest BCUT2D eigenvalue weighted by atomic mass is 35.5. The van der Waals surface area contributed by atoms with Crippen molar-refractivity contribution in [3.05, 3.63) is 59.1 Å². The van der Waals surface area contributed by atoms with Gasteiger partial charge in [0.25, 0.3) is 0 Å². The number of aromatic nitrogens is 3. The molecular formula is C22H23ClN4O3S. The normalized spacial score (nSPS) is 10.9. The van der Waals surface area contributed by atoms with E-state index in [9.17, 15) is 9.59 Å². The van der Waals surface area contributed by atoms with Gasteiger partial charge in [0.1, 0.15) is 6.54 Å². The molecule has 0 aliphatic carbocycles. The highest BCUT2D eigenvalue weighted by Gasteiger charge is 2.20. The molecular weight excluding hydrogens is 436 g/mol. The van der Waals surface area contributed by atoms with Crippen molar-refractivity contribution in [3.8, 4) is 17.1 Å². The number of carbonyl (C=O) groups excluding carboxylic acids is 2. The smallest absolute Gasteiger partial charge is 0.325 e. The van der Waals surface area contributed by atoms with Crippen LogP contribution in [0.25, 0.3) is 17.1 Å². The highest BCUT2D eigenvalue weighted by molar-refractivity contribution is 7.99. The van der Waals surface area contributed by atoms with E-state index >= 15 is 0 Å². The van der Waals surface area contributed by atoms with E-state index in [1.54, 1.807) is 12.1 Å². The first-order chi connectivity index (χ1) is 14.9. The first-order valence-electron chi connectivity index (χ1n) is 9.67. The van der Waals surface area contributed by atoms with Gasteiger partial charge in [0.2, 0.25) is 5.91 Å². The van der Waals surface area contributed by atoms with Crippen LogP contribution in [-0.2, 0) is 14.3 Å². The number of thioether (sulfide) groups is 1. The minimum Gasteiger partial charge on any atom is -0.468 e. The predicted molar refractivity (Wildman–Crippen MR) is 122 cm³/mol. The van der Waals surface area contributed by atoms with Gasteiger partial charge in [-0.2, -0.15) is 0 Å². The summed E-state index contributed by atoms with van der Waals surface area (Å²) in [5, 5.41) is 12.5. The number of carbonyl (C=O) groups is 2. The fourth-order valence-corrected chi connectivity index (χ4v) is 3.87. The molecule has 0 fully saturated rings. The Labute approximate surface area is 190 Å². The van der Waals surface area contributed by atoms with Crippen molar-refractivity contribution in [1.29, 1.82) is 0 Å². The van der Waals surface area contributed by atoms with Crippen LogP contribution in [0.15, 0.2) is 53.7 Å². The lowest BCUT2D eigenvalue weighted by atomic mass is 10.0. The Kier molecular flexibility index (Phi) is 7.70. The van der Waals surface area contributed by atoms with Gasteiger partial charge in [0.15, 0.2) is 11.0 Å².